The summed E-state index contributed by atoms with van der Waals surface area (Å²) in [5.74, 6) is 0.815. The number of hydrogen-bond acceptors (Lipinski definition) is 3. The molecule has 0 fully saturated rings. The quantitative estimate of drug-likeness (QED) is 0.622. The van der Waals surface area contributed by atoms with E-state index < -0.39 is 0 Å². The largest absolute Gasteiger partial charge is 0.356 e. The fourth-order valence-electron chi connectivity index (χ4n) is 1.95. The lowest BCUT2D eigenvalue weighted by molar-refractivity contribution is 0.775. The molecule has 2 aromatic rings. The van der Waals surface area contributed by atoms with Gasteiger partial charge in [-0.3, -0.25) is 15.0 Å². The minimum Gasteiger partial charge on any atom is -0.356 e. The molecule has 0 amide bonds. The predicted molar refractivity (Wildman–Crippen MR) is 85.2 cm³/mol. The topological polar surface area (TPSA) is 62.2 Å². The van der Waals surface area contributed by atoms with Crippen LogP contribution in [0.25, 0.3) is 0 Å². The molecule has 0 aromatic carbocycles. The van der Waals surface area contributed by atoms with Gasteiger partial charge in [0.25, 0.3) is 0 Å². The van der Waals surface area contributed by atoms with Crippen LogP contribution >= 0.6 is 0 Å². The highest BCUT2D eigenvalue weighted by Crippen LogP contribution is 1.95. The van der Waals surface area contributed by atoms with E-state index in [2.05, 4.69) is 31.7 Å². The summed E-state index contributed by atoms with van der Waals surface area (Å²) < 4.78 is 0. The monoisotopic (exact) mass is 283 g/mol. The summed E-state index contributed by atoms with van der Waals surface area (Å²) in [6, 6.07) is 9.99. The highest BCUT2D eigenvalue weighted by molar-refractivity contribution is 5.79. The fraction of sp³-hybridized carbons (Fsp3) is 0.312. The Bertz CT molecular complexity index is 492. The number of nitrogens with zero attached hydrogens (tertiary/aromatic N) is 3. The third kappa shape index (κ3) is 5.60. The van der Waals surface area contributed by atoms with E-state index >= 15 is 0 Å². The van der Waals surface area contributed by atoms with E-state index in [1.807, 2.05) is 36.7 Å². The van der Waals surface area contributed by atoms with Crippen molar-refractivity contribution in [1.29, 1.82) is 0 Å². The molecule has 0 bridgehead atoms. The lowest BCUT2D eigenvalue weighted by atomic mass is 10.2. The number of pyridine rings is 2. The molecule has 0 saturated heterocycles. The van der Waals surface area contributed by atoms with E-state index in [0.717, 1.165) is 37.6 Å². The Balaban J connectivity index is 1.67. The molecule has 0 aliphatic rings. The summed E-state index contributed by atoms with van der Waals surface area (Å²) in [5, 5.41) is 6.58. The van der Waals surface area contributed by atoms with Gasteiger partial charge in [0.1, 0.15) is 0 Å². The van der Waals surface area contributed by atoms with Crippen molar-refractivity contribution in [2.75, 3.05) is 20.1 Å². The summed E-state index contributed by atoms with van der Waals surface area (Å²) >= 11 is 0. The van der Waals surface area contributed by atoms with Gasteiger partial charge in [-0.05, 0) is 30.2 Å². The van der Waals surface area contributed by atoms with Gasteiger partial charge < -0.3 is 10.6 Å². The molecule has 0 radical (unpaired) electrons. The Hall–Kier alpha value is -2.43. The highest BCUT2D eigenvalue weighted by Gasteiger charge is 1.98. The third-order valence-corrected chi connectivity index (χ3v) is 3.05. The Morgan fingerprint density at radius 1 is 1.05 bits per heavy atom. The van der Waals surface area contributed by atoms with Gasteiger partial charge in [0.05, 0.1) is 0 Å². The molecular weight excluding hydrogens is 262 g/mol. The normalized spacial score (nSPS) is 11.2. The fourth-order valence-corrected chi connectivity index (χ4v) is 1.95. The Morgan fingerprint density at radius 3 is 2.57 bits per heavy atom. The second-order valence-electron chi connectivity index (χ2n) is 4.61. The zero-order valence-corrected chi connectivity index (χ0v) is 12.3. The summed E-state index contributed by atoms with van der Waals surface area (Å²) in [5.41, 5.74) is 2.30. The maximum absolute atomic E-state index is 4.30. The van der Waals surface area contributed by atoms with Gasteiger partial charge in [0.15, 0.2) is 5.96 Å². The molecule has 0 aliphatic heterocycles. The molecule has 0 unspecified atom stereocenters. The summed E-state index contributed by atoms with van der Waals surface area (Å²) in [4.78, 5) is 12.6. The standard InChI is InChI=1S/C16H21N5/c1-17-16(20-11-7-14-5-4-9-18-13-14)21-12-8-15-6-2-3-10-19-15/h2-6,9-10,13H,7-8,11-12H2,1H3,(H2,17,20,21). The molecular formula is C16H21N5. The third-order valence-electron chi connectivity index (χ3n) is 3.05. The van der Waals surface area contributed by atoms with Gasteiger partial charge >= 0.3 is 0 Å². The second kappa shape index (κ2) is 8.68. The van der Waals surface area contributed by atoms with Crippen molar-refractivity contribution in [2.24, 2.45) is 4.99 Å². The van der Waals surface area contributed by atoms with Crippen molar-refractivity contribution in [3.63, 3.8) is 0 Å². The van der Waals surface area contributed by atoms with Crippen LogP contribution in [-0.4, -0.2) is 36.1 Å². The van der Waals surface area contributed by atoms with Crippen molar-refractivity contribution in [1.82, 2.24) is 20.6 Å². The van der Waals surface area contributed by atoms with Gasteiger partial charge in [-0.1, -0.05) is 12.1 Å². The zero-order chi connectivity index (χ0) is 14.8. The van der Waals surface area contributed by atoms with Gasteiger partial charge in [0, 0.05) is 50.8 Å². The highest BCUT2D eigenvalue weighted by atomic mass is 15.2. The van der Waals surface area contributed by atoms with Crippen LogP contribution < -0.4 is 10.6 Å². The number of rotatable bonds is 6. The van der Waals surface area contributed by atoms with Crippen LogP contribution in [0.5, 0.6) is 0 Å². The summed E-state index contributed by atoms with van der Waals surface area (Å²) in [6.45, 7) is 1.64. The van der Waals surface area contributed by atoms with Gasteiger partial charge in [-0.2, -0.15) is 0 Å². The molecule has 110 valence electrons. The molecule has 0 aliphatic carbocycles. The summed E-state index contributed by atoms with van der Waals surface area (Å²) in [6.07, 6.45) is 7.29. The Kier molecular flexibility index (Phi) is 6.19. The van der Waals surface area contributed by atoms with E-state index in [0.29, 0.717) is 0 Å². The average molecular weight is 283 g/mol. The van der Waals surface area contributed by atoms with Crippen LogP contribution in [0.4, 0.5) is 0 Å². The molecule has 2 rings (SSSR count). The van der Waals surface area contributed by atoms with Crippen molar-refractivity contribution in [3.8, 4) is 0 Å². The first kappa shape index (κ1) is 15.0. The van der Waals surface area contributed by atoms with Crippen LogP contribution in [0.1, 0.15) is 11.3 Å². The smallest absolute Gasteiger partial charge is 0.190 e. The predicted octanol–water partition coefficient (Wildman–Crippen LogP) is 1.43. The Morgan fingerprint density at radius 2 is 1.90 bits per heavy atom. The van der Waals surface area contributed by atoms with E-state index in [9.17, 15) is 0 Å². The molecule has 2 N–H and O–H groups in total. The first-order chi connectivity index (χ1) is 10.4. The molecule has 21 heavy (non-hydrogen) atoms. The number of nitrogens with one attached hydrogen (secondary N) is 2. The maximum atomic E-state index is 4.30. The first-order valence-electron chi connectivity index (χ1n) is 7.12. The number of aliphatic imine (C=N–C) groups is 1. The molecule has 2 heterocycles. The molecule has 2 aromatic heterocycles. The van der Waals surface area contributed by atoms with Crippen molar-refractivity contribution >= 4 is 5.96 Å². The average Bonchev–Trinajstić information content (AvgIpc) is 2.55. The van der Waals surface area contributed by atoms with Crippen LogP contribution in [-0.2, 0) is 12.8 Å². The number of hydrogen-bond donors (Lipinski definition) is 2. The number of guanidine groups is 1. The lowest BCUT2D eigenvalue weighted by Gasteiger charge is -2.11. The van der Waals surface area contributed by atoms with Crippen LogP contribution in [0.15, 0.2) is 53.9 Å². The lowest BCUT2D eigenvalue weighted by Crippen LogP contribution is -2.39. The SMILES string of the molecule is CN=C(NCCc1cccnc1)NCCc1ccccn1. The molecule has 0 saturated carbocycles. The van der Waals surface area contributed by atoms with Gasteiger partial charge in [0.2, 0.25) is 0 Å². The van der Waals surface area contributed by atoms with E-state index in [4.69, 9.17) is 0 Å². The molecule has 0 atom stereocenters. The Labute approximate surface area is 125 Å². The van der Waals surface area contributed by atoms with Gasteiger partial charge in [-0.15, -0.1) is 0 Å². The van der Waals surface area contributed by atoms with Crippen molar-refractivity contribution in [3.05, 3.63) is 60.2 Å². The van der Waals surface area contributed by atoms with Crippen LogP contribution in [0.2, 0.25) is 0 Å². The minimum atomic E-state index is 0.809. The zero-order valence-electron chi connectivity index (χ0n) is 12.3. The first-order valence-corrected chi connectivity index (χ1v) is 7.12. The van der Waals surface area contributed by atoms with Crippen LogP contribution in [0.3, 0.4) is 0 Å². The van der Waals surface area contributed by atoms with Crippen LogP contribution in [0, 0.1) is 0 Å². The number of aromatic nitrogens is 2. The minimum absolute atomic E-state index is 0.809. The van der Waals surface area contributed by atoms with E-state index in [-0.39, 0.29) is 0 Å². The van der Waals surface area contributed by atoms with Crippen molar-refractivity contribution < 1.29 is 0 Å². The maximum Gasteiger partial charge on any atom is 0.190 e. The molecule has 5 heteroatoms. The summed E-state index contributed by atoms with van der Waals surface area (Å²) in [7, 11) is 1.78. The molecule has 5 nitrogen and oxygen atoms in total. The van der Waals surface area contributed by atoms with Gasteiger partial charge in [-0.25, -0.2) is 0 Å². The van der Waals surface area contributed by atoms with Crippen molar-refractivity contribution in [2.45, 2.75) is 12.8 Å². The second-order valence-corrected chi connectivity index (χ2v) is 4.61. The van der Waals surface area contributed by atoms with E-state index in [1.165, 1.54) is 5.56 Å². The molecule has 0 spiro atoms. The van der Waals surface area contributed by atoms with E-state index in [1.54, 1.807) is 13.2 Å².